The van der Waals surface area contributed by atoms with Crippen LogP contribution in [0.3, 0.4) is 0 Å². The largest absolute Gasteiger partial charge is 0.314 e. The average Bonchev–Trinajstić information content (AvgIpc) is 2.86. The summed E-state index contributed by atoms with van der Waals surface area (Å²) in [6.45, 7) is 10.1. The summed E-state index contributed by atoms with van der Waals surface area (Å²) in [7, 11) is 2.24. The van der Waals surface area contributed by atoms with Gasteiger partial charge in [0.1, 0.15) is 0 Å². The topological polar surface area (TPSA) is 15.3 Å². The molecule has 1 aliphatic heterocycles. The van der Waals surface area contributed by atoms with Crippen molar-refractivity contribution in [1.82, 2.24) is 10.2 Å². The Balaban J connectivity index is 2.15. The Kier molecular flexibility index (Phi) is 7.29. The highest BCUT2D eigenvalue weighted by atomic mass is 15.1. The van der Waals surface area contributed by atoms with Crippen molar-refractivity contribution in [2.75, 3.05) is 26.7 Å². The second kappa shape index (κ2) is 8.49. The van der Waals surface area contributed by atoms with E-state index in [1.165, 1.54) is 56.5 Å². The van der Waals surface area contributed by atoms with Crippen LogP contribution >= 0.6 is 0 Å². The number of hydrogen-bond donors (Lipinski definition) is 1. The maximum absolute atomic E-state index is 3.57. The molecule has 0 amide bonds. The maximum atomic E-state index is 3.57. The van der Waals surface area contributed by atoms with Crippen molar-refractivity contribution < 1.29 is 0 Å². The van der Waals surface area contributed by atoms with Crippen molar-refractivity contribution in [1.29, 1.82) is 0 Å². The van der Waals surface area contributed by atoms with Gasteiger partial charge < -0.3 is 10.2 Å². The summed E-state index contributed by atoms with van der Waals surface area (Å²) in [6, 6.07) is 0.773. The molecule has 1 N–H and O–H groups in total. The highest BCUT2D eigenvalue weighted by Crippen LogP contribution is 2.10. The molecular formula is C16H30N2. The molecule has 104 valence electrons. The minimum absolute atomic E-state index is 0.773. The fourth-order valence-electron chi connectivity index (χ4n) is 2.40. The van der Waals surface area contributed by atoms with Crippen LogP contribution in [0.25, 0.3) is 0 Å². The van der Waals surface area contributed by atoms with E-state index in [0.29, 0.717) is 0 Å². The standard InChI is InChI=1S/C16H30N2/c1-5-14(2)13-15(3)8-11-18(4)12-9-16-7-6-10-17-16/h5,13,16-17H,6-12H2,1-4H3/b14-5-,15-13-. The monoisotopic (exact) mass is 250 g/mol. The summed E-state index contributed by atoms with van der Waals surface area (Å²) in [5.41, 5.74) is 2.85. The lowest BCUT2D eigenvalue weighted by Gasteiger charge is -2.19. The van der Waals surface area contributed by atoms with Crippen LogP contribution in [0.2, 0.25) is 0 Å². The van der Waals surface area contributed by atoms with Gasteiger partial charge in [0.2, 0.25) is 0 Å². The molecule has 1 rings (SSSR count). The van der Waals surface area contributed by atoms with Crippen LogP contribution in [-0.4, -0.2) is 37.6 Å². The van der Waals surface area contributed by atoms with Crippen LogP contribution in [0, 0.1) is 0 Å². The number of allylic oxidation sites excluding steroid dienone is 3. The number of nitrogens with one attached hydrogen (secondary N) is 1. The van der Waals surface area contributed by atoms with Crippen molar-refractivity contribution in [3.8, 4) is 0 Å². The number of nitrogens with zero attached hydrogens (tertiary/aromatic N) is 1. The molecule has 0 bridgehead atoms. The molecule has 0 aromatic heterocycles. The van der Waals surface area contributed by atoms with Gasteiger partial charge in [-0.3, -0.25) is 0 Å². The van der Waals surface area contributed by atoms with Crippen molar-refractivity contribution in [3.63, 3.8) is 0 Å². The Hall–Kier alpha value is -0.600. The molecule has 1 atom stereocenters. The third-order valence-electron chi connectivity index (χ3n) is 3.84. The lowest BCUT2D eigenvalue weighted by molar-refractivity contribution is 0.316. The minimum Gasteiger partial charge on any atom is -0.314 e. The maximum Gasteiger partial charge on any atom is 0.00797 e. The summed E-state index contributed by atoms with van der Waals surface area (Å²) in [4.78, 5) is 2.46. The smallest absolute Gasteiger partial charge is 0.00797 e. The van der Waals surface area contributed by atoms with Gasteiger partial charge in [-0.1, -0.05) is 23.3 Å². The molecule has 2 heteroatoms. The van der Waals surface area contributed by atoms with Crippen molar-refractivity contribution in [2.45, 2.75) is 52.5 Å². The van der Waals surface area contributed by atoms with Gasteiger partial charge in [-0.25, -0.2) is 0 Å². The van der Waals surface area contributed by atoms with Gasteiger partial charge in [0.05, 0.1) is 0 Å². The Morgan fingerprint density at radius 1 is 1.33 bits per heavy atom. The van der Waals surface area contributed by atoms with E-state index >= 15 is 0 Å². The average molecular weight is 250 g/mol. The van der Waals surface area contributed by atoms with Crippen molar-refractivity contribution >= 4 is 0 Å². The van der Waals surface area contributed by atoms with Crippen LogP contribution in [0.5, 0.6) is 0 Å². The van der Waals surface area contributed by atoms with Gasteiger partial charge >= 0.3 is 0 Å². The van der Waals surface area contributed by atoms with Crippen molar-refractivity contribution in [2.24, 2.45) is 0 Å². The predicted molar refractivity (Wildman–Crippen MR) is 80.9 cm³/mol. The van der Waals surface area contributed by atoms with Gasteiger partial charge in [-0.15, -0.1) is 0 Å². The minimum atomic E-state index is 0.773. The SMILES string of the molecule is C/C=C(C)\C=C(\C)CCN(C)CCC1CCCN1. The van der Waals surface area contributed by atoms with E-state index in [1.807, 2.05) is 0 Å². The Morgan fingerprint density at radius 3 is 2.72 bits per heavy atom. The van der Waals surface area contributed by atoms with E-state index in [9.17, 15) is 0 Å². The summed E-state index contributed by atoms with van der Waals surface area (Å²) in [5, 5.41) is 3.57. The normalized spacial score (nSPS) is 21.9. The summed E-state index contributed by atoms with van der Waals surface area (Å²) in [5.74, 6) is 0. The number of rotatable bonds is 7. The van der Waals surface area contributed by atoms with Crippen LogP contribution in [0.15, 0.2) is 23.3 Å². The Morgan fingerprint density at radius 2 is 2.11 bits per heavy atom. The zero-order chi connectivity index (χ0) is 13.4. The fraction of sp³-hybridized carbons (Fsp3) is 0.750. The molecule has 1 heterocycles. The molecule has 0 aromatic rings. The van der Waals surface area contributed by atoms with Crippen LogP contribution in [0.4, 0.5) is 0 Å². The third kappa shape index (κ3) is 6.36. The molecule has 0 spiro atoms. The summed E-state index contributed by atoms with van der Waals surface area (Å²) < 4.78 is 0. The molecule has 0 aliphatic carbocycles. The van der Waals surface area contributed by atoms with Crippen LogP contribution in [-0.2, 0) is 0 Å². The van der Waals surface area contributed by atoms with Crippen LogP contribution < -0.4 is 5.32 Å². The Labute approximate surface area is 113 Å². The highest BCUT2D eigenvalue weighted by molar-refractivity contribution is 5.19. The second-order valence-electron chi connectivity index (χ2n) is 5.66. The second-order valence-corrected chi connectivity index (χ2v) is 5.66. The van der Waals surface area contributed by atoms with E-state index < -0.39 is 0 Å². The van der Waals surface area contributed by atoms with E-state index in [0.717, 1.165) is 6.04 Å². The first-order chi connectivity index (χ1) is 8.61. The van der Waals surface area contributed by atoms with Gasteiger partial charge in [-0.05, 0) is 66.6 Å². The van der Waals surface area contributed by atoms with E-state index in [1.54, 1.807) is 0 Å². The molecule has 0 aromatic carbocycles. The first-order valence-corrected chi connectivity index (χ1v) is 7.34. The molecular weight excluding hydrogens is 220 g/mol. The van der Waals surface area contributed by atoms with Gasteiger partial charge in [0.15, 0.2) is 0 Å². The lowest BCUT2D eigenvalue weighted by atomic mass is 10.1. The first-order valence-electron chi connectivity index (χ1n) is 7.34. The van der Waals surface area contributed by atoms with E-state index in [-0.39, 0.29) is 0 Å². The molecule has 1 unspecified atom stereocenters. The molecule has 0 radical (unpaired) electrons. The van der Waals surface area contributed by atoms with Crippen LogP contribution in [0.1, 0.15) is 46.5 Å². The molecule has 1 aliphatic rings. The molecule has 2 nitrogen and oxygen atoms in total. The summed E-state index contributed by atoms with van der Waals surface area (Å²) >= 11 is 0. The fourth-order valence-corrected chi connectivity index (χ4v) is 2.40. The number of hydrogen-bond acceptors (Lipinski definition) is 2. The molecule has 0 saturated carbocycles. The van der Waals surface area contributed by atoms with Gasteiger partial charge in [0, 0.05) is 12.6 Å². The van der Waals surface area contributed by atoms with Gasteiger partial charge in [-0.2, -0.15) is 0 Å². The molecule has 18 heavy (non-hydrogen) atoms. The van der Waals surface area contributed by atoms with Gasteiger partial charge in [0.25, 0.3) is 0 Å². The van der Waals surface area contributed by atoms with Crippen molar-refractivity contribution in [3.05, 3.63) is 23.3 Å². The molecule has 1 fully saturated rings. The zero-order valence-electron chi connectivity index (χ0n) is 12.6. The summed E-state index contributed by atoms with van der Waals surface area (Å²) in [6.07, 6.45) is 9.67. The highest BCUT2D eigenvalue weighted by Gasteiger charge is 2.13. The predicted octanol–water partition coefficient (Wildman–Crippen LogP) is 3.36. The third-order valence-corrected chi connectivity index (χ3v) is 3.84. The van der Waals surface area contributed by atoms with E-state index in [2.05, 4.69) is 50.2 Å². The first kappa shape index (κ1) is 15.5. The zero-order valence-corrected chi connectivity index (χ0v) is 12.6. The molecule has 1 saturated heterocycles. The van der Waals surface area contributed by atoms with E-state index in [4.69, 9.17) is 0 Å². The lowest BCUT2D eigenvalue weighted by Crippen LogP contribution is -2.29. The Bertz CT molecular complexity index is 285. The quantitative estimate of drug-likeness (QED) is 0.697.